The van der Waals surface area contributed by atoms with E-state index in [2.05, 4.69) is 72.8 Å². The maximum Gasteiger partial charge on any atom is 0.164 e. The number of rotatable bonds is 5. The fraction of sp³-hybridized carbons (Fsp3) is 0. The Kier molecular flexibility index (Phi) is 6.28. The zero-order chi connectivity index (χ0) is 28.6. The summed E-state index contributed by atoms with van der Waals surface area (Å²) in [6.45, 7) is 0. The van der Waals surface area contributed by atoms with Gasteiger partial charge in [-0.2, -0.15) is 0 Å². The Hall–Kier alpha value is -5.52. The molecule has 0 atom stereocenters. The molecule has 0 fully saturated rings. The van der Waals surface area contributed by atoms with Crippen LogP contribution in [0.4, 0.5) is 0 Å². The van der Waals surface area contributed by atoms with Gasteiger partial charge in [-0.05, 0) is 47.0 Å². The standard InChI is InChI=1S/C38H24N4S/c1-4-12-25(13-5-1)28-22-29(31-20-21-39-34-32-18-10-11-19-33(32)43-35(31)34)24-30(23-28)38-41-36(26-14-6-2-7-15-26)40-37(42-38)27-16-8-3-9-17-27/h1-24H. The molecule has 0 amide bonds. The topological polar surface area (TPSA) is 51.6 Å². The second kappa shape index (κ2) is 10.7. The molecule has 8 aromatic rings. The molecule has 0 aliphatic carbocycles. The number of thiophene rings is 1. The van der Waals surface area contributed by atoms with Crippen molar-refractivity contribution in [2.24, 2.45) is 0 Å². The molecule has 0 spiro atoms. The Morgan fingerprint density at radius 1 is 0.419 bits per heavy atom. The molecule has 0 saturated heterocycles. The van der Waals surface area contributed by atoms with Gasteiger partial charge in [-0.3, -0.25) is 4.98 Å². The lowest BCUT2D eigenvalue weighted by atomic mass is 9.95. The third-order valence-corrected chi connectivity index (χ3v) is 8.76. The molecule has 5 heteroatoms. The fourth-order valence-electron chi connectivity index (χ4n) is 5.48. The highest BCUT2D eigenvalue weighted by molar-refractivity contribution is 7.26. The lowest BCUT2D eigenvalue weighted by Crippen LogP contribution is -2.00. The molecule has 3 heterocycles. The van der Waals surface area contributed by atoms with Crippen molar-refractivity contribution in [2.75, 3.05) is 0 Å². The number of fused-ring (bicyclic) bond motifs is 3. The van der Waals surface area contributed by atoms with Crippen LogP contribution >= 0.6 is 11.3 Å². The number of hydrogen-bond donors (Lipinski definition) is 0. The van der Waals surface area contributed by atoms with Gasteiger partial charge in [0.25, 0.3) is 0 Å². The molecule has 0 radical (unpaired) electrons. The van der Waals surface area contributed by atoms with E-state index in [0.29, 0.717) is 17.5 Å². The van der Waals surface area contributed by atoms with Crippen molar-refractivity contribution in [3.63, 3.8) is 0 Å². The smallest absolute Gasteiger partial charge is 0.164 e. The minimum Gasteiger partial charge on any atom is -0.255 e. The third kappa shape index (κ3) is 4.76. The Bertz CT molecular complexity index is 2170. The van der Waals surface area contributed by atoms with Crippen LogP contribution < -0.4 is 0 Å². The predicted molar refractivity (Wildman–Crippen MR) is 178 cm³/mol. The number of aromatic nitrogens is 4. The first-order valence-electron chi connectivity index (χ1n) is 14.1. The molecule has 5 aromatic carbocycles. The van der Waals surface area contributed by atoms with Crippen molar-refractivity contribution >= 4 is 31.6 Å². The van der Waals surface area contributed by atoms with Crippen molar-refractivity contribution in [3.8, 4) is 56.4 Å². The summed E-state index contributed by atoms with van der Waals surface area (Å²) in [6, 6.07) is 47.9. The summed E-state index contributed by atoms with van der Waals surface area (Å²) in [5.41, 5.74) is 8.33. The van der Waals surface area contributed by atoms with Crippen LogP contribution in [0.2, 0.25) is 0 Å². The predicted octanol–water partition coefficient (Wildman–Crippen LogP) is 9.97. The highest BCUT2D eigenvalue weighted by atomic mass is 32.1. The summed E-state index contributed by atoms with van der Waals surface area (Å²) in [7, 11) is 0. The van der Waals surface area contributed by atoms with Crippen LogP contribution in [-0.4, -0.2) is 19.9 Å². The van der Waals surface area contributed by atoms with E-state index in [1.807, 2.05) is 72.9 Å². The largest absolute Gasteiger partial charge is 0.255 e. The molecular formula is C38H24N4S. The summed E-state index contributed by atoms with van der Waals surface area (Å²) >= 11 is 1.78. The molecular weight excluding hydrogens is 545 g/mol. The lowest BCUT2D eigenvalue weighted by Gasteiger charge is -2.13. The number of benzene rings is 5. The van der Waals surface area contributed by atoms with Gasteiger partial charge in [0.05, 0.1) is 10.2 Å². The van der Waals surface area contributed by atoms with Crippen LogP contribution in [0.25, 0.3) is 76.7 Å². The average molecular weight is 569 g/mol. The van der Waals surface area contributed by atoms with E-state index in [0.717, 1.165) is 44.5 Å². The summed E-state index contributed by atoms with van der Waals surface area (Å²) in [4.78, 5) is 19.7. The highest BCUT2D eigenvalue weighted by Gasteiger charge is 2.17. The maximum atomic E-state index is 5.03. The Balaban J connectivity index is 1.38. The highest BCUT2D eigenvalue weighted by Crippen LogP contribution is 2.41. The first kappa shape index (κ1) is 25.2. The van der Waals surface area contributed by atoms with Crippen LogP contribution in [0, 0.1) is 0 Å². The van der Waals surface area contributed by atoms with Crippen LogP contribution in [0.1, 0.15) is 0 Å². The molecule has 0 aliphatic heterocycles. The van der Waals surface area contributed by atoms with Crippen LogP contribution in [0.3, 0.4) is 0 Å². The van der Waals surface area contributed by atoms with E-state index >= 15 is 0 Å². The van der Waals surface area contributed by atoms with Crippen LogP contribution in [0.5, 0.6) is 0 Å². The van der Waals surface area contributed by atoms with Crippen molar-refractivity contribution in [2.45, 2.75) is 0 Å². The van der Waals surface area contributed by atoms with E-state index in [1.54, 1.807) is 11.3 Å². The minimum absolute atomic E-state index is 0.633. The summed E-state index contributed by atoms with van der Waals surface area (Å²) in [5.74, 6) is 1.92. The van der Waals surface area contributed by atoms with Crippen molar-refractivity contribution < 1.29 is 0 Å². The van der Waals surface area contributed by atoms with Gasteiger partial charge in [-0.15, -0.1) is 11.3 Å². The quantitative estimate of drug-likeness (QED) is 0.207. The lowest BCUT2D eigenvalue weighted by molar-refractivity contribution is 1.07. The number of pyridine rings is 1. The van der Waals surface area contributed by atoms with Crippen LogP contribution in [-0.2, 0) is 0 Å². The molecule has 0 saturated carbocycles. The fourth-order valence-corrected chi connectivity index (χ4v) is 6.68. The molecule has 202 valence electrons. The van der Waals surface area contributed by atoms with Gasteiger partial charge in [0.2, 0.25) is 0 Å². The second-order valence-corrected chi connectivity index (χ2v) is 11.4. The van der Waals surface area contributed by atoms with Crippen molar-refractivity contribution in [1.29, 1.82) is 0 Å². The van der Waals surface area contributed by atoms with Gasteiger partial charge >= 0.3 is 0 Å². The molecule has 0 bridgehead atoms. The molecule has 4 nitrogen and oxygen atoms in total. The zero-order valence-electron chi connectivity index (χ0n) is 23.1. The summed E-state index contributed by atoms with van der Waals surface area (Å²) in [5, 5.41) is 1.18. The van der Waals surface area contributed by atoms with Gasteiger partial charge in [-0.25, -0.2) is 15.0 Å². The van der Waals surface area contributed by atoms with E-state index in [4.69, 9.17) is 19.9 Å². The Labute approximate surface area is 253 Å². The molecule has 0 aliphatic rings. The van der Waals surface area contributed by atoms with E-state index in [-0.39, 0.29) is 0 Å². The molecule has 0 unspecified atom stereocenters. The number of hydrogen-bond acceptors (Lipinski definition) is 5. The van der Waals surface area contributed by atoms with Crippen molar-refractivity contribution in [1.82, 2.24) is 19.9 Å². The van der Waals surface area contributed by atoms with E-state index in [9.17, 15) is 0 Å². The molecule has 8 rings (SSSR count). The van der Waals surface area contributed by atoms with Gasteiger partial charge in [-0.1, -0.05) is 109 Å². The maximum absolute atomic E-state index is 5.03. The summed E-state index contributed by atoms with van der Waals surface area (Å²) in [6.07, 6.45) is 1.91. The summed E-state index contributed by atoms with van der Waals surface area (Å²) < 4.78 is 2.40. The first-order valence-corrected chi connectivity index (χ1v) is 15.0. The molecule has 43 heavy (non-hydrogen) atoms. The minimum atomic E-state index is 0.633. The van der Waals surface area contributed by atoms with Gasteiger partial charge in [0.15, 0.2) is 17.5 Å². The molecule has 0 N–H and O–H groups in total. The monoisotopic (exact) mass is 568 g/mol. The Morgan fingerprint density at radius 3 is 1.58 bits per heavy atom. The van der Waals surface area contributed by atoms with Gasteiger partial charge < -0.3 is 0 Å². The van der Waals surface area contributed by atoms with E-state index in [1.165, 1.54) is 14.8 Å². The first-order chi connectivity index (χ1) is 21.3. The van der Waals surface area contributed by atoms with Crippen LogP contribution in [0.15, 0.2) is 146 Å². The van der Waals surface area contributed by atoms with E-state index < -0.39 is 0 Å². The number of nitrogens with zero attached hydrogens (tertiary/aromatic N) is 4. The van der Waals surface area contributed by atoms with Gasteiger partial charge in [0, 0.05) is 38.5 Å². The second-order valence-electron chi connectivity index (χ2n) is 10.3. The molecule has 3 aromatic heterocycles. The third-order valence-electron chi connectivity index (χ3n) is 7.57. The average Bonchev–Trinajstić information content (AvgIpc) is 3.48. The zero-order valence-corrected chi connectivity index (χ0v) is 23.9. The van der Waals surface area contributed by atoms with Gasteiger partial charge in [0.1, 0.15) is 0 Å². The van der Waals surface area contributed by atoms with Crippen molar-refractivity contribution in [3.05, 3.63) is 146 Å². The SMILES string of the molecule is c1ccc(-c2cc(-c3nc(-c4ccccc4)nc(-c4ccccc4)n3)cc(-c3ccnc4c3sc3ccccc34)c2)cc1. The normalized spacial score (nSPS) is 11.3. The Morgan fingerprint density at radius 2 is 0.930 bits per heavy atom.